The van der Waals surface area contributed by atoms with E-state index in [1.165, 1.54) is 13.5 Å². The number of hydrogen-bond acceptors (Lipinski definition) is 4. The topological polar surface area (TPSA) is 47.6 Å². The molecule has 1 heterocycles. The molecule has 2 fully saturated rings. The molecule has 0 aromatic heterocycles. The van der Waals surface area contributed by atoms with E-state index < -0.39 is 5.54 Å². The lowest BCUT2D eigenvalue weighted by atomic mass is 9.71. The van der Waals surface area contributed by atoms with Crippen LogP contribution in [0.5, 0.6) is 0 Å². The summed E-state index contributed by atoms with van der Waals surface area (Å²) in [6, 6.07) is 0. The molecule has 0 aromatic carbocycles. The van der Waals surface area contributed by atoms with Gasteiger partial charge in [0, 0.05) is 6.61 Å². The zero-order chi connectivity index (χ0) is 10.7. The molecule has 0 radical (unpaired) electrons. The van der Waals surface area contributed by atoms with Gasteiger partial charge in [-0.1, -0.05) is 6.42 Å². The number of hydrogen-bond donors (Lipinski definition) is 1. The maximum absolute atomic E-state index is 11.9. The fourth-order valence-electron chi connectivity index (χ4n) is 2.41. The van der Waals surface area contributed by atoms with Gasteiger partial charge >= 0.3 is 5.97 Å². The molecule has 4 nitrogen and oxygen atoms in total. The van der Waals surface area contributed by atoms with Crippen LogP contribution >= 0.6 is 0 Å². The second kappa shape index (κ2) is 4.49. The van der Waals surface area contributed by atoms with Crippen molar-refractivity contribution >= 4 is 5.97 Å². The van der Waals surface area contributed by atoms with Crippen molar-refractivity contribution in [2.75, 3.05) is 26.9 Å². The molecule has 0 spiro atoms. The highest BCUT2D eigenvalue weighted by atomic mass is 16.5. The van der Waals surface area contributed by atoms with E-state index in [0.717, 1.165) is 32.4 Å². The van der Waals surface area contributed by atoms with Crippen molar-refractivity contribution in [2.45, 2.75) is 31.2 Å². The maximum atomic E-state index is 11.9. The van der Waals surface area contributed by atoms with Gasteiger partial charge in [0.25, 0.3) is 0 Å². The third kappa shape index (κ3) is 1.88. The highest BCUT2D eigenvalue weighted by molar-refractivity contribution is 5.81. The van der Waals surface area contributed by atoms with E-state index in [9.17, 15) is 4.79 Å². The summed E-state index contributed by atoms with van der Waals surface area (Å²) < 4.78 is 10.5. The lowest BCUT2D eigenvalue weighted by molar-refractivity contribution is -0.156. The Labute approximate surface area is 90.3 Å². The molecule has 0 bridgehead atoms. The minimum atomic E-state index is -0.566. The molecule has 15 heavy (non-hydrogen) atoms. The summed E-state index contributed by atoms with van der Waals surface area (Å²) in [7, 11) is 1.45. The van der Waals surface area contributed by atoms with Gasteiger partial charge < -0.3 is 9.47 Å². The molecule has 1 saturated heterocycles. The van der Waals surface area contributed by atoms with Crippen LogP contribution in [0, 0.1) is 5.92 Å². The van der Waals surface area contributed by atoms with Gasteiger partial charge in [-0.25, -0.2) is 4.79 Å². The van der Waals surface area contributed by atoms with Gasteiger partial charge in [-0.15, -0.1) is 0 Å². The molecule has 1 N–H and O–H groups in total. The Morgan fingerprint density at radius 1 is 1.47 bits per heavy atom. The fraction of sp³-hybridized carbons (Fsp3) is 0.909. The molecule has 86 valence electrons. The van der Waals surface area contributed by atoms with Crippen LogP contribution in [0.3, 0.4) is 0 Å². The van der Waals surface area contributed by atoms with E-state index in [1.807, 2.05) is 0 Å². The lowest BCUT2D eigenvalue weighted by Gasteiger charge is -2.42. The summed E-state index contributed by atoms with van der Waals surface area (Å²) in [4.78, 5) is 11.9. The second-order valence-electron chi connectivity index (χ2n) is 4.42. The number of carbonyl (C=O) groups excluding carboxylic acids is 1. The van der Waals surface area contributed by atoms with Crippen molar-refractivity contribution < 1.29 is 14.3 Å². The number of nitrogens with one attached hydrogen (secondary N) is 1. The maximum Gasteiger partial charge on any atom is 0.328 e. The molecule has 0 aromatic rings. The van der Waals surface area contributed by atoms with Gasteiger partial charge in [0.1, 0.15) is 5.54 Å². The third-order valence-corrected chi connectivity index (χ3v) is 3.59. The monoisotopic (exact) mass is 213 g/mol. The molecule has 1 aliphatic carbocycles. The Kier molecular flexibility index (Phi) is 3.26. The normalized spacial score (nSPS) is 32.9. The quantitative estimate of drug-likeness (QED) is 0.686. The first-order chi connectivity index (χ1) is 7.29. The van der Waals surface area contributed by atoms with Crippen LogP contribution in [0.4, 0.5) is 0 Å². The van der Waals surface area contributed by atoms with Crippen LogP contribution < -0.4 is 5.32 Å². The van der Waals surface area contributed by atoms with Crippen LogP contribution in [0.2, 0.25) is 0 Å². The number of rotatable bonds is 2. The van der Waals surface area contributed by atoms with Crippen molar-refractivity contribution in [1.29, 1.82) is 0 Å². The number of ether oxygens (including phenoxy) is 2. The molecule has 0 amide bonds. The first kappa shape index (κ1) is 10.9. The summed E-state index contributed by atoms with van der Waals surface area (Å²) in [6.07, 6.45) is 4.38. The smallest absolute Gasteiger partial charge is 0.328 e. The summed E-state index contributed by atoms with van der Waals surface area (Å²) in [5.74, 6) is 0.233. The minimum Gasteiger partial charge on any atom is -0.468 e. The van der Waals surface area contributed by atoms with Crippen molar-refractivity contribution in [3.63, 3.8) is 0 Å². The zero-order valence-corrected chi connectivity index (χ0v) is 9.25. The first-order valence-corrected chi connectivity index (χ1v) is 5.71. The highest BCUT2D eigenvalue weighted by Crippen LogP contribution is 2.37. The van der Waals surface area contributed by atoms with E-state index in [-0.39, 0.29) is 5.97 Å². The van der Waals surface area contributed by atoms with Crippen molar-refractivity contribution in [1.82, 2.24) is 5.32 Å². The molecule has 2 rings (SSSR count). The van der Waals surface area contributed by atoms with E-state index in [4.69, 9.17) is 9.47 Å². The average molecular weight is 213 g/mol. The lowest BCUT2D eigenvalue weighted by Crippen LogP contribution is -2.62. The Bertz CT molecular complexity index is 230. The molecule has 1 saturated carbocycles. The Morgan fingerprint density at radius 3 is 2.87 bits per heavy atom. The molecule has 1 unspecified atom stereocenters. The fourth-order valence-corrected chi connectivity index (χ4v) is 2.41. The highest BCUT2D eigenvalue weighted by Gasteiger charge is 2.49. The largest absolute Gasteiger partial charge is 0.468 e. The van der Waals surface area contributed by atoms with Gasteiger partial charge in [-0.2, -0.15) is 0 Å². The van der Waals surface area contributed by atoms with Gasteiger partial charge in [-0.3, -0.25) is 5.32 Å². The molecule has 4 heteroatoms. The van der Waals surface area contributed by atoms with Crippen LogP contribution in [-0.4, -0.2) is 38.4 Å². The predicted molar refractivity (Wildman–Crippen MR) is 55.5 cm³/mol. The average Bonchev–Trinajstić information content (AvgIpc) is 2.41. The van der Waals surface area contributed by atoms with E-state index >= 15 is 0 Å². The second-order valence-corrected chi connectivity index (χ2v) is 4.42. The van der Waals surface area contributed by atoms with Gasteiger partial charge in [0.2, 0.25) is 0 Å². The SMILES string of the molecule is COC(=O)C1(C2CCC2)COCCCN1. The van der Waals surface area contributed by atoms with Gasteiger partial charge in [0.15, 0.2) is 0 Å². The standard InChI is InChI=1S/C11H19NO3/c1-14-10(13)11(9-4-2-5-9)8-15-7-3-6-12-11/h9,12H,2-8H2,1H3. The van der Waals surface area contributed by atoms with E-state index in [2.05, 4.69) is 5.32 Å². The zero-order valence-electron chi connectivity index (χ0n) is 9.25. The van der Waals surface area contributed by atoms with Crippen LogP contribution in [-0.2, 0) is 14.3 Å². The molecular weight excluding hydrogens is 194 g/mol. The van der Waals surface area contributed by atoms with Crippen molar-refractivity contribution in [3.05, 3.63) is 0 Å². The Balaban J connectivity index is 2.15. The predicted octanol–water partition coefficient (Wildman–Crippen LogP) is 0.708. The summed E-state index contributed by atoms with van der Waals surface area (Å²) in [5, 5.41) is 3.35. The number of methoxy groups -OCH3 is 1. The van der Waals surface area contributed by atoms with Crippen molar-refractivity contribution in [3.8, 4) is 0 Å². The minimum absolute atomic E-state index is 0.158. The Hall–Kier alpha value is -0.610. The first-order valence-electron chi connectivity index (χ1n) is 5.71. The number of carbonyl (C=O) groups is 1. The third-order valence-electron chi connectivity index (χ3n) is 3.59. The summed E-state index contributed by atoms with van der Waals surface area (Å²) >= 11 is 0. The summed E-state index contributed by atoms with van der Waals surface area (Å²) in [5.41, 5.74) is -0.566. The molecule has 1 aliphatic heterocycles. The van der Waals surface area contributed by atoms with E-state index in [1.54, 1.807) is 0 Å². The molecule has 2 aliphatic rings. The van der Waals surface area contributed by atoms with E-state index in [0.29, 0.717) is 12.5 Å². The van der Waals surface area contributed by atoms with Crippen LogP contribution in [0.1, 0.15) is 25.7 Å². The van der Waals surface area contributed by atoms with Crippen molar-refractivity contribution in [2.24, 2.45) is 5.92 Å². The van der Waals surface area contributed by atoms with Crippen LogP contribution in [0.25, 0.3) is 0 Å². The summed E-state index contributed by atoms with van der Waals surface area (Å²) in [6.45, 7) is 2.04. The molecule has 1 atom stereocenters. The van der Waals surface area contributed by atoms with Crippen LogP contribution in [0.15, 0.2) is 0 Å². The Morgan fingerprint density at radius 2 is 2.27 bits per heavy atom. The van der Waals surface area contributed by atoms with Gasteiger partial charge in [-0.05, 0) is 31.7 Å². The molecular formula is C11H19NO3. The van der Waals surface area contributed by atoms with Gasteiger partial charge in [0.05, 0.1) is 13.7 Å². The number of esters is 1.